The molecule has 35 heavy (non-hydrogen) atoms. The molecule has 0 aromatic heterocycles. The lowest BCUT2D eigenvalue weighted by atomic mass is 10.1. The summed E-state index contributed by atoms with van der Waals surface area (Å²) in [5.41, 5.74) is 5.86. The summed E-state index contributed by atoms with van der Waals surface area (Å²) in [7, 11) is -1.23. The molecule has 0 aromatic rings. The van der Waals surface area contributed by atoms with Crippen LogP contribution in [0.25, 0.3) is 0 Å². The van der Waals surface area contributed by atoms with Crippen molar-refractivity contribution < 1.29 is 4.79 Å². The maximum Gasteiger partial charge on any atom is 0.254 e. The molecule has 0 saturated carbocycles. The van der Waals surface area contributed by atoms with Gasteiger partial charge in [-0.2, -0.15) is 0 Å². The smallest absolute Gasteiger partial charge is 0.254 e. The van der Waals surface area contributed by atoms with Crippen molar-refractivity contribution in [2.75, 3.05) is 24.6 Å². The molecule has 0 saturated heterocycles. The summed E-state index contributed by atoms with van der Waals surface area (Å²) in [6, 6.07) is 0. The maximum atomic E-state index is 12.2. The molecule has 0 fully saturated rings. The SMILES string of the molecule is CCCCCCCCCC[P+](CCCCCCCCCC)(CCCCCCCCCC)CC(N)=O. The predicted octanol–water partition coefficient (Wildman–Crippen LogP) is 10.9. The van der Waals surface area contributed by atoms with E-state index in [2.05, 4.69) is 20.8 Å². The fourth-order valence-electron chi connectivity index (χ4n) is 5.65. The van der Waals surface area contributed by atoms with Crippen LogP contribution in [0.2, 0.25) is 0 Å². The lowest BCUT2D eigenvalue weighted by Crippen LogP contribution is -2.24. The third-order valence-electron chi connectivity index (χ3n) is 7.95. The third kappa shape index (κ3) is 24.0. The number of nitrogens with two attached hydrogens (primary N) is 1. The van der Waals surface area contributed by atoms with Crippen LogP contribution in [0, 0.1) is 0 Å². The Morgan fingerprint density at radius 1 is 0.429 bits per heavy atom. The number of primary amides is 1. The van der Waals surface area contributed by atoms with Gasteiger partial charge in [-0.15, -0.1) is 0 Å². The highest BCUT2D eigenvalue weighted by molar-refractivity contribution is 7.76. The topological polar surface area (TPSA) is 43.1 Å². The molecule has 0 radical (unpaired) electrons. The number of unbranched alkanes of at least 4 members (excludes halogenated alkanes) is 21. The van der Waals surface area contributed by atoms with Gasteiger partial charge in [-0.3, -0.25) is 4.79 Å². The Morgan fingerprint density at radius 3 is 0.886 bits per heavy atom. The van der Waals surface area contributed by atoms with E-state index in [4.69, 9.17) is 5.73 Å². The van der Waals surface area contributed by atoms with Crippen molar-refractivity contribution in [2.45, 2.75) is 175 Å². The Kier molecular flexibility index (Phi) is 26.9. The molecule has 0 bridgehead atoms. The zero-order valence-electron chi connectivity index (χ0n) is 24.7. The Bertz CT molecular complexity index is 389. The Labute approximate surface area is 223 Å². The number of carbonyl (C=O) groups is 1. The highest BCUT2D eigenvalue weighted by Gasteiger charge is 2.37. The first kappa shape index (κ1) is 34.9. The molecule has 0 rings (SSSR count). The molecule has 210 valence electrons. The van der Waals surface area contributed by atoms with Gasteiger partial charge >= 0.3 is 0 Å². The van der Waals surface area contributed by atoms with Crippen LogP contribution in [0.1, 0.15) is 175 Å². The highest BCUT2D eigenvalue weighted by Crippen LogP contribution is 2.60. The molecule has 0 aromatic carbocycles. The molecule has 0 aliphatic rings. The summed E-state index contributed by atoms with van der Waals surface area (Å²) in [6.07, 6.45) is 37.8. The van der Waals surface area contributed by atoms with E-state index in [1.54, 1.807) is 0 Å². The Balaban J connectivity index is 4.55. The molecule has 1 amide bonds. The number of carbonyl (C=O) groups excluding carboxylic acids is 1. The zero-order chi connectivity index (χ0) is 25.9. The van der Waals surface area contributed by atoms with E-state index in [0.29, 0.717) is 0 Å². The van der Waals surface area contributed by atoms with Gasteiger partial charge in [0.1, 0.15) is 6.16 Å². The van der Waals surface area contributed by atoms with Crippen molar-refractivity contribution in [1.29, 1.82) is 0 Å². The van der Waals surface area contributed by atoms with Gasteiger partial charge in [-0.1, -0.05) is 136 Å². The molecule has 0 unspecified atom stereocenters. The lowest BCUT2D eigenvalue weighted by molar-refractivity contribution is -0.115. The largest absolute Gasteiger partial charge is 0.367 e. The highest BCUT2D eigenvalue weighted by atomic mass is 31.2. The van der Waals surface area contributed by atoms with E-state index in [9.17, 15) is 4.79 Å². The van der Waals surface area contributed by atoms with Gasteiger partial charge in [-0.05, 0) is 38.5 Å². The van der Waals surface area contributed by atoms with Gasteiger partial charge in [0, 0.05) is 7.26 Å². The Hall–Kier alpha value is -0.100. The molecule has 0 atom stereocenters. The second-order valence-corrected chi connectivity index (χ2v) is 15.9. The summed E-state index contributed by atoms with van der Waals surface area (Å²) in [6.45, 7) is 6.88. The van der Waals surface area contributed by atoms with Crippen molar-refractivity contribution in [3.8, 4) is 0 Å². The second-order valence-electron chi connectivity index (χ2n) is 11.6. The lowest BCUT2D eigenvalue weighted by Gasteiger charge is -2.27. The summed E-state index contributed by atoms with van der Waals surface area (Å²) in [4.78, 5) is 12.2. The molecule has 2 N–H and O–H groups in total. The van der Waals surface area contributed by atoms with E-state index in [1.807, 2.05) is 0 Å². The monoisotopic (exact) mass is 512 g/mol. The minimum Gasteiger partial charge on any atom is -0.367 e. The van der Waals surface area contributed by atoms with Gasteiger partial charge in [0.05, 0.1) is 18.5 Å². The first-order valence-electron chi connectivity index (χ1n) is 16.2. The van der Waals surface area contributed by atoms with Crippen molar-refractivity contribution in [1.82, 2.24) is 0 Å². The fourth-order valence-corrected chi connectivity index (χ4v) is 10.1. The van der Waals surface area contributed by atoms with Crippen molar-refractivity contribution >= 4 is 13.2 Å². The number of amides is 1. The van der Waals surface area contributed by atoms with Crippen LogP contribution < -0.4 is 5.73 Å². The van der Waals surface area contributed by atoms with Crippen LogP contribution >= 0.6 is 7.26 Å². The minimum atomic E-state index is -1.23. The average Bonchev–Trinajstić information content (AvgIpc) is 2.83. The van der Waals surface area contributed by atoms with E-state index < -0.39 is 7.26 Å². The molecule has 0 spiro atoms. The van der Waals surface area contributed by atoms with E-state index >= 15 is 0 Å². The van der Waals surface area contributed by atoms with Crippen LogP contribution in [-0.2, 0) is 4.79 Å². The molecule has 0 heterocycles. The number of rotatable bonds is 29. The van der Waals surface area contributed by atoms with Crippen LogP contribution in [0.3, 0.4) is 0 Å². The van der Waals surface area contributed by atoms with Crippen LogP contribution in [-0.4, -0.2) is 30.6 Å². The van der Waals surface area contributed by atoms with Crippen molar-refractivity contribution in [3.05, 3.63) is 0 Å². The summed E-state index contributed by atoms with van der Waals surface area (Å²) in [5, 5.41) is 0. The molecule has 2 nitrogen and oxygen atoms in total. The normalized spacial score (nSPS) is 11.9. The van der Waals surface area contributed by atoms with E-state index in [0.717, 1.165) is 6.16 Å². The number of hydrogen-bond acceptors (Lipinski definition) is 1. The van der Waals surface area contributed by atoms with Gasteiger partial charge < -0.3 is 5.73 Å². The van der Waals surface area contributed by atoms with Crippen LogP contribution in [0.15, 0.2) is 0 Å². The van der Waals surface area contributed by atoms with Crippen molar-refractivity contribution in [2.24, 2.45) is 5.73 Å². The molecule has 0 aliphatic heterocycles. The molecule has 3 heteroatoms. The Morgan fingerprint density at radius 2 is 0.657 bits per heavy atom. The standard InChI is InChI=1S/C32H66NOP/c1-4-7-10-13-16-19-22-25-28-35(31-32(33)34,29-26-23-20-17-14-11-8-5-2)30-27-24-21-18-15-12-9-6-3/h4-31H2,1-3H3,(H-,33,34)/p+1. The fraction of sp³-hybridized carbons (Fsp3) is 0.969. The van der Waals surface area contributed by atoms with Crippen LogP contribution in [0.5, 0.6) is 0 Å². The van der Waals surface area contributed by atoms with E-state index in [-0.39, 0.29) is 5.91 Å². The summed E-state index contributed by atoms with van der Waals surface area (Å²) >= 11 is 0. The van der Waals surface area contributed by atoms with E-state index in [1.165, 1.54) is 173 Å². The maximum absolute atomic E-state index is 12.2. The summed E-state index contributed by atoms with van der Waals surface area (Å²) in [5.74, 6) is -0.0166. The molecule has 0 aliphatic carbocycles. The quantitative estimate of drug-likeness (QED) is 0.0785. The van der Waals surface area contributed by atoms with Crippen molar-refractivity contribution in [3.63, 3.8) is 0 Å². The minimum absolute atomic E-state index is 0.0166. The first-order valence-corrected chi connectivity index (χ1v) is 18.8. The van der Waals surface area contributed by atoms with Gasteiger partial charge in [0.15, 0.2) is 0 Å². The van der Waals surface area contributed by atoms with Gasteiger partial charge in [0.25, 0.3) is 5.91 Å². The first-order chi connectivity index (χ1) is 17.1. The average molecular weight is 513 g/mol. The second kappa shape index (κ2) is 26.9. The summed E-state index contributed by atoms with van der Waals surface area (Å²) < 4.78 is 0. The van der Waals surface area contributed by atoms with Gasteiger partial charge in [0.2, 0.25) is 0 Å². The predicted molar refractivity (Wildman–Crippen MR) is 163 cm³/mol. The number of hydrogen-bond donors (Lipinski definition) is 1. The molecular weight excluding hydrogens is 445 g/mol. The zero-order valence-corrected chi connectivity index (χ0v) is 25.6. The van der Waals surface area contributed by atoms with Crippen LogP contribution in [0.4, 0.5) is 0 Å². The van der Waals surface area contributed by atoms with Gasteiger partial charge in [-0.25, -0.2) is 0 Å². The third-order valence-corrected chi connectivity index (χ3v) is 12.7. The molecular formula is C32H67NOP+.